The van der Waals surface area contributed by atoms with E-state index in [1.807, 2.05) is 13.8 Å². The maximum absolute atomic E-state index is 13.1. The Kier molecular flexibility index (Phi) is 7.11. The second kappa shape index (κ2) is 9.13. The molecule has 0 unspecified atom stereocenters. The molecule has 0 saturated heterocycles. The van der Waals surface area contributed by atoms with E-state index in [0.29, 0.717) is 17.5 Å². The average molecular weight is 407 g/mol. The molecule has 0 aliphatic rings. The highest BCUT2D eigenvalue weighted by molar-refractivity contribution is 7.89. The van der Waals surface area contributed by atoms with Gasteiger partial charge in [0.05, 0.1) is 11.4 Å². The standard InChI is InChI=1S/C19H25N3O5S/c1-13(2)8-9-22(12-19(24)21-25)28(26,27)18-7-5-15-4-6-17(20-14(3)23)10-16(15)11-18/h4-7,10-11,13,25H,8-9,12H2,1-3H3,(H,20,23)(H,21,24). The number of rotatable bonds is 8. The topological polar surface area (TPSA) is 116 Å². The van der Waals surface area contributed by atoms with Crippen LogP contribution in [0.1, 0.15) is 27.2 Å². The Balaban J connectivity index is 2.42. The second-order valence-electron chi connectivity index (χ2n) is 6.96. The van der Waals surface area contributed by atoms with Crippen LogP contribution in [0.5, 0.6) is 0 Å². The highest BCUT2D eigenvalue weighted by atomic mass is 32.2. The van der Waals surface area contributed by atoms with Crippen LogP contribution < -0.4 is 10.8 Å². The van der Waals surface area contributed by atoms with Crippen molar-refractivity contribution in [2.45, 2.75) is 32.1 Å². The highest BCUT2D eigenvalue weighted by Gasteiger charge is 2.26. The molecule has 0 radical (unpaired) electrons. The van der Waals surface area contributed by atoms with E-state index in [0.717, 1.165) is 9.69 Å². The van der Waals surface area contributed by atoms with Gasteiger partial charge in [0, 0.05) is 19.2 Å². The first-order chi connectivity index (χ1) is 13.1. The van der Waals surface area contributed by atoms with Crippen molar-refractivity contribution < 1.29 is 23.2 Å². The van der Waals surface area contributed by atoms with E-state index in [1.165, 1.54) is 24.5 Å². The molecule has 2 rings (SSSR count). The third kappa shape index (κ3) is 5.51. The van der Waals surface area contributed by atoms with Crippen LogP contribution in [0.3, 0.4) is 0 Å². The number of carbonyl (C=O) groups excluding carboxylic acids is 2. The van der Waals surface area contributed by atoms with Crippen LogP contribution in [0.2, 0.25) is 0 Å². The first-order valence-corrected chi connectivity index (χ1v) is 10.3. The van der Waals surface area contributed by atoms with Crippen molar-refractivity contribution in [2.75, 3.05) is 18.4 Å². The summed E-state index contributed by atoms with van der Waals surface area (Å²) in [7, 11) is -3.96. The van der Waals surface area contributed by atoms with Gasteiger partial charge in [0.1, 0.15) is 0 Å². The summed E-state index contributed by atoms with van der Waals surface area (Å²) in [5.41, 5.74) is 2.04. The van der Waals surface area contributed by atoms with E-state index in [1.54, 1.807) is 24.3 Å². The Morgan fingerprint density at radius 1 is 1.11 bits per heavy atom. The molecule has 2 aromatic carbocycles. The Hall–Kier alpha value is -2.49. The summed E-state index contributed by atoms with van der Waals surface area (Å²) in [6, 6.07) is 9.87. The van der Waals surface area contributed by atoms with Crippen LogP contribution >= 0.6 is 0 Å². The molecule has 0 atom stereocenters. The Morgan fingerprint density at radius 2 is 1.79 bits per heavy atom. The minimum absolute atomic E-state index is 0.0365. The van der Waals surface area contributed by atoms with E-state index in [9.17, 15) is 18.0 Å². The molecule has 152 valence electrons. The summed E-state index contributed by atoms with van der Waals surface area (Å²) < 4.78 is 27.2. The lowest BCUT2D eigenvalue weighted by atomic mass is 10.1. The van der Waals surface area contributed by atoms with Crippen molar-refractivity contribution in [1.29, 1.82) is 0 Å². The van der Waals surface area contributed by atoms with Gasteiger partial charge < -0.3 is 5.32 Å². The molecule has 0 aliphatic carbocycles. The molecular formula is C19H25N3O5S. The van der Waals surface area contributed by atoms with Gasteiger partial charge in [-0.2, -0.15) is 4.31 Å². The van der Waals surface area contributed by atoms with Gasteiger partial charge in [0.2, 0.25) is 15.9 Å². The van der Waals surface area contributed by atoms with Gasteiger partial charge in [-0.25, -0.2) is 13.9 Å². The number of amides is 2. The van der Waals surface area contributed by atoms with Crippen LogP contribution in [0, 0.1) is 5.92 Å². The molecule has 0 aliphatic heterocycles. The van der Waals surface area contributed by atoms with E-state index in [2.05, 4.69) is 5.32 Å². The first kappa shape index (κ1) is 21.8. The second-order valence-corrected chi connectivity index (χ2v) is 8.90. The van der Waals surface area contributed by atoms with Crippen LogP contribution in [-0.4, -0.2) is 42.8 Å². The number of benzene rings is 2. The zero-order chi connectivity index (χ0) is 20.9. The number of nitrogens with one attached hydrogen (secondary N) is 2. The quantitative estimate of drug-likeness (QED) is 0.459. The van der Waals surface area contributed by atoms with Gasteiger partial charge in [-0.05, 0) is 47.4 Å². The zero-order valence-electron chi connectivity index (χ0n) is 16.1. The van der Waals surface area contributed by atoms with Gasteiger partial charge in [-0.3, -0.25) is 14.8 Å². The fourth-order valence-electron chi connectivity index (χ4n) is 2.70. The molecule has 2 aromatic rings. The SMILES string of the molecule is CC(=O)Nc1ccc2ccc(S(=O)(=O)N(CCC(C)C)CC(=O)NO)cc2c1. The molecular weight excluding hydrogens is 382 g/mol. The van der Waals surface area contributed by atoms with Crippen molar-refractivity contribution in [3.8, 4) is 0 Å². The Bertz CT molecular complexity index is 973. The van der Waals surface area contributed by atoms with Gasteiger partial charge in [-0.15, -0.1) is 0 Å². The third-order valence-electron chi connectivity index (χ3n) is 4.17. The van der Waals surface area contributed by atoms with E-state index in [4.69, 9.17) is 5.21 Å². The van der Waals surface area contributed by atoms with Crippen LogP contribution in [0.4, 0.5) is 5.69 Å². The summed E-state index contributed by atoms with van der Waals surface area (Å²) in [6.45, 7) is 4.98. The Morgan fingerprint density at radius 3 is 2.39 bits per heavy atom. The maximum atomic E-state index is 13.1. The van der Waals surface area contributed by atoms with Crippen LogP contribution in [-0.2, 0) is 19.6 Å². The first-order valence-electron chi connectivity index (χ1n) is 8.88. The van der Waals surface area contributed by atoms with E-state index in [-0.39, 0.29) is 23.3 Å². The lowest BCUT2D eigenvalue weighted by Gasteiger charge is -2.22. The lowest BCUT2D eigenvalue weighted by Crippen LogP contribution is -2.40. The third-order valence-corrected chi connectivity index (χ3v) is 6.01. The predicted octanol–water partition coefficient (Wildman–Crippen LogP) is 2.34. The van der Waals surface area contributed by atoms with Crippen molar-refractivity contribution in [1.82, 2.24) is 9.79 Å². The molecule has 8 nitrogen and oxygen atoms in total. The molecule has 0 heterocycles. The lowest BCUT2D eigenvalue weighted by molar-refractivity contribution is -0.129. The summed E-state index contributed by atoms with van der Waals surface area (Å²) in [5, 5.41) is 12.9. The van der Waals surface area contributed by atoms with Gasteiger partial charge >= 0.3 is 0 Å². The summed E-state index contributed by atoms with van der Waals surface area (Å²) in [6.07, 6.45) is 0.568. The van der Waals surface area contributed by atoms with Crippen molar-refractivity contribution in [3.05, 3.63) is 36.4 Å². The number of hydrogen-bond donors (Lipinski definition) is 3. The largest absolute Gasteiger partial charge is 0.326 e. The van der Waals surface area contributed by atoms with E-state index >= 15 is 0 Å². The van der Waals surface area contributed by atoms with Crippen molar-refractivity contribution in [3.63, 3.8) is 0 Å². The van der Waals surface area contributed by atoms with Gasteiger partial charge in [0.25, 0.3) is 5.91 Å². The van der Waals surface area contributed by atoms with Crippen molar-refractivity contribution in [2.24, 2.45) is 5.92 Å². The fourth-order valence-corrected chi connectivity index (χ4v) is 4.14. The Labute approximate surface area is 164 Å². The molecule has 0 bridgehead atoms. The number of carbonyl (C=O) groups is 2. The van der Waals surface area contributed by atoms with E-state index < -0.39 is 22.5 Å². The van der Waals surface area contributed by atoms with Crippen molar-refractivity contribution >= 4 is 38.3 Å². The normalized spacial score (nSPS) is 11.8. The van der Waals surface area contributed by atoms with Gasteiger partial charge in [-0.1, -0.05) is 26.0 Å². The molecule has 0 aromatic heterocycles. The summed E-state index contributed by atoms with van der Waals surface area (Å²) >= 11 is 0. The predicted molar refractivity (Wildman–Crippen MR) is 106 cm³/mol. The maximum Gasteiger partial charge on any atom is 0.258 e. The number of hydrogen-bond acceptors (Lipinski definition) is 5. The summed E-state index contributed by atoms with van der Waals surface area (Å²) in [5.74, 6) is -0.786. The number of fused-ring (bicyclic) bond motifs is 1. The smallest absolute Gasteiger partial charge is 0.258 e. The number of anilines is 1. The number of sulfonamides is 1. The molecule has 0 saturated carbocycles. The molecule has 9 heteroatoms. The number of hydroxylamine groups is 1. The average Bonchev–Trinajstić information content (AvgIpc) is 2.63. The summed E-state index contributed by atoms with van der Waals surface area (Å²) in [4.78, 5) is 22.9. The fraction of sp³-hybridized carbons (Fsp3) is 0.368. The highest BCUT2D eigenvalue weighted by Crippen LogP contribution is 2.25. The monoisotopic (exact) mass is 407 g/mol. The van der Waals surface area contributed by atoms with Crippen LogP contribution in [0.15, 0.2) is 41.3 Å². The zero-order valence-corrected chi connectivity index (χ0v) is 16.9. The van der Waals surface area contributed by atoms with Gasteiger partial charge in [0.15, 0.2) is 0 Å². The molecule has 28 heavy (non-hydrogen) atoms. The van der Waals surface area contributed by atoms with Crippen LogP contribution in [0.25, 0.3) is 10.8 Å². The molecule has 3 N–H and O–H groups in total. The molecule has 0 fully saturated rings. The molecule has 2 amide bonds. The number of nitrogens with zero attached hydrogens (tertiary/aromatic N) is 1. The molecule has 0 spiro atoms. The minimum atomic E-state index is -3.96. The minimum Gasteiger partial charge on any atom is -0.326 e.